The number of aliphatic hydroxyl groups excluding tert-OH is 4. The van der Waals surface area contributed by atoms with Gasteiger partial charge in [0.15, 0.2) is 6.29 Å². The van der Waals surface area contributed by atoms with Crippen LogP contribution >= 0.6 is 0 Å². The molecule has 4 amide bonds. The molecule has 542 valence electrons. The smallest absolute Gasteiger partial charge is 0.407 e. The normalized spacial score (nSPS) is 27.7. The number of hydrogen-bond acceptors (Lipinski definition) is 15. The van der Waals surface area contributed by atoms with E-state index in [2.05, 4.69) is 68.0 Å². The molecule has 1 aliphatic heterocycles. The second kappa shape index (κ2) is 49.5. The predicted octanol–water partition coefficient (Wildman–Crippen LogP) is 12.0. The van der Waals surface area contributed by atoms with Crippen LogP contribution in [0.2, 0.25) is 0 Å². The van der Waals surface area contributed by atoms with E-state index in [1.54, 1.807) is 0 Å². The molecule has 0 spiro atoms. The Balaban J connectivity index is 0.000000397. The summed E-state index contributed by atoms with van der Waals surface area (Å²) >= 11 is 0. The highest BCUT2D eigenvalue weighted by molar-refractivity contribution is 5.76. The molecule has 0 aromatic rings. The third kappa shape index (κ3) is 31.6. The van der Waals surface area contributed by atoms with E-state index in [9.17, 15) is 39.6 Å². The van der Waals surface area contributed by atoms with Crippen LogP contribution < -0.4 is 21.3 Å². The molecule has 0 bridgehead atoms. The molecule has 8 N–H and O–H groups in total. The van der Waals surface area contributed by atoms with E-state index in [0.717, 1.165) is 106 Å². The average Bonchev–Trinajstić information content (AvgIpc) is 1.70. The van der Waals surface area contributed by atoms with Crippen LogP contribution in [0.15, 0.2) is 12.2 Å². The molecule has 0 aromatic heterocycles. The number of nitrogens with one attached hydrogen (secondary N) is 4. The van der Waals surface area contributed by atoms with Gasteiger partial charge in [-0.2, -0.15) is 0 Å². The minimum Gasteiger partial charge on any atom is -0.446 e. The van der Waals surface area contributed by atoms with Gasteiger partial charge in [-0.1, -0.05) is 131 Å². The first-order chi connectivity index (χ1) is 45.1. The van der Waals surface area contributed by atoms with Crippen molar-refractivity contribution in [1.82, 2.24) is 21.3 Å². The summed E-state index contributed by atoms with van der Waals surface area (Å²) in [5, 5.41) is 50.2. The van der Waals surface area contributed by atoms with Crippen LogP contribution in [-0.2, 0) is 47.5 Å². The van der Waals surface area contributed by atoms with Gasteiger partial charge < -0.3 is 74.9 Å². The molecule has 5 aliphatic rings. The van der Waals surface area contributed by atoms with Crippen LogP contribution in [0.25, 0.3) is 0 Å². The number of alkyl carbamates (subject to hydrolysis) is 1. The maximum atomic E-state index is 12.7. The van der Waals surface area contributed by atoms with E-state index in [4.69, 9.17) is 33.2 Å². The second-order valence-electron chi connectivity index (χ2n) is 28.3. The minimum atomic E-state index is -1.49. The zero-order valence-corrected chi connectivity index (χ0v) is 59.3. The fourth-order valence-corrected chi connectivity index (χ4v) is 15.9. The van der Waals surface area contributed by atoms with Crippen molar-refractivity contribution in [1.29, 1.82) is 0 Å². The fourth-order valence-electron chi connectivity index (χ4n) is 15.9. The third-order valence-corrected chi connectivity index (χ3v) is 21.6. The maximum absolute atomic E-state index is 12.7. The second-order valence-corrected chi connectivity index (χ2v) is 28.3. The lowest BCUT2D eigenvalue weighted by atomic mass is 9.44. The first-order valence-corrected chi connectivity index (χ1v) is 37.8. The quantitative estimate of drug-likeness (QED) is 0.0208. The molecule has 0 radical (unpaired) electrons. The summed E-state index contributed by atoms with van der Waals surface area (Å²) in [6, 6.07) is 0. The topological polar surface area (TPSA) is 262 Å². The Hall–Kier alpha value is -2.98. The summed E-state index contributed by atoms with van der Waals surface area (Å²) in [6.45, 7) is 19.6. The summed E-state index contributed by atoms with van der Waals surface area (Å²) in [6.07, 6.45) is 37.3. The molecule has 19 heteroatoms. The number of allylic oxidation sites excluding steroid dienone is 2. The van der Waals surface area contributed by atoms with Crippen molar-refractivity contribution in [3.05, 3.63) is 12.2 Å². The Bertz CT molecular complexity index is 1990. The van der Waals surface area contributed by atoms with Crippen molar-refractivity contribution < 1.29 is 72.8 Å². The molecule has 5 fully saturated rings. The van der Waals surface area contributed by atoms with Gasteiger partial charge in [0, 0.05) is 58.7 Å². The molecule has 0 aromatic carbocycles. The van der Waals surface area contributed by atoms with Crippen LogP contribution in [0, 0.1) is 46.3 Å². The van der Waals surface area contributed by atoms with Gasteiger partial charge in [-0.25, -0.2) is 4.79 Å². The highest BCUT2D eigenvalue weighted by Gasteiger charge is 2.60. The van der Waals surface area contributed by atoms with Gasteiger partial charge in [0.25, 0.3) is 0 Å². The average molecular weight is 1320 g/mol. The molecule has 19 nitrogen and oxygen atoms in total. The van der Waals surface area contributed by atoms with Gasteiger partial charge in [0.1, 0.15) is 30.5 Å². The van der Waals surface area contributed by atoms with Gasteiger partial charge in [-0.05, 0) is 168 Å². The molecule has 1 heterocycles. The highest BCUT2D eigenvalue weighted by atomic mass is 16.7. The number of hydrogen-bond donors (Lipinski definition) is 8. The number of aliphatic hydroxyl groups is 4. The van der Waals surface area contributed by atoms with Crippen molar-refractivity contribution in [3.8, 4) is 0 Å². The number of carbonyl (C=O) groups excluding carboxylic acids is 4. The van der Waals surface area contributed by atoms with Gasteiger partial charge >= 0.3 is 6.09 Å². The summed E-state index contributed by atoms with van der Waals surface area (Å²) < 4.78 is 38.5. The van der Waals surface area contributed by atoms with Crippen molar-refractivity contribution in [2.24, 2.45) is 46.3 Å². The summed E-state index contributed by atoms with van der Waals surface area (Å²) in [7, 11) is 0. The van der Waals surface area contributed by atoms with Crippen LogP contribution in [0.4, 0.5) is 4.79 Å². The van der Waals surface area contributed by atoms with Gasteiger partial charge in [-0.3, -0.25) is 14.4 Å². The number of fused-ring (bicyclic) bond motifs is 5. The zero-order chi connectivity index (χ0) is 67.4. The van der Waals surface area contributed by atoms with E-state index >= 15 is 0 Å². The SMILES string of the molecule is CCC(=O)NCCCCCC(=O)NCCCOCCOCCCCCC(=O)NCCOCCOCCO[C@H]1OC(CO)[C@@H](O)[C@H](O)C1O.CCCCCCCC/C=C\CCCCCCCCNC(=O)O[C@@H]1CC[C@@]2(C)C(CCC3C2CC[C@@]2(C)C3CC[C@@H]2[C@H](C)CC)C1. The lowest BCUT2D eigenvalue weighted by molar-refractivity contribution is -0.302. The molecule has 4 aliphatic carbocycles. The van der Waals surface area contributed by atoms with Gasteiger partial charge in [0.05, 0.1) is 52.9 Å². The van der Waals surface area contributed by atoms with Crippen molar-refractivity contribution in [2.45, 2.75) is 297 Å². The molecular formula is C74H136N4O15. The monoisotopic (exact) mass is 1320 g/mol. The van der Waals surface area contributed by atoms with E-state index < -0.39 is 37.3 Å². The van der Waals surface area contributed by atoms with Gasteiger partial charge in [-0.15, -0.1) is 0 Å². The molecular weight excluding hydrogens is 1180 g/mol. The van der Waals surface area contributed by atoms with E-state index in [1.165, 1.54) is 135 Å². The standard InChI is InChI=1S/C42H75NO2.C32H61N3O13/c1-6-8-9-10-11-12-13-14-15-16-17-18-19-20-21-22-31-43-40(44)45-35-27-29-41(4)34(32-35)23-24-36-38-26-25-37(33(3)7-2)42(38,5)30-28-39(36)41;1-2-26(37)33-12-7-3-5-10-27(38)34-13-9-16-44-19-18-43-15-8-4-6-11-28(39)35-14-17-45-20-21-46-22-23-47-32-31(42)30(41)29(40)25(24-36)48-32/h14-15,33-39H,6-13,16-32H2,1-5H3,(H,43,44);25,29-32,36,40-42H,2-24H2,1H3,(H,33,37)(H,34,38)(H,35,39)/b15-14-;/t33-,34?,35-,36?,37-,38?,39?,41+,42-;25?,29-,30+,31?,32+/m11/s1. The lowest BCUT2D eigenvalue weighted by Crippen LogP contribution is -2.59. The number of amides is 4. The minimum absolute atomic E-state index is 0.0280. The Morgan fingerprint density at radius 1 is 0.527 bits per heavy atom. The number of ether oxygens (including phenoxy) is 7. The fraction of sp³-hybridized carbons (Fsp3) is 0.919. The molecule has 1 saturated heterocycles. The highest BCUT2D eigenvalue weighted by Crippen LogP contribution is 2.68. The number of unbranched alkanes of at least 4 members (excludes halogenated alkanes) is 16. The molecule has 4 saturated carbocycles. The Kier molecular flexibility index (Phi) is 43.9. The first kappa shape index (κ1) is 82.4. The predicted molar refractivity (Wildman–Crippen MR) is 366 cm³/mol. The van der Waals surface area contributed by atoms with E-state index in [0.29, 0.717) is 96.0 Å². The van der Waals surface area contributed by atoms with Crippen LogP contribution in [0.3, 0.4) is 0 Å². The number of carbonyl (C=O) groups is 4. The van der Waals surface area contributed by atoms with Gasteiger partial charge in [0.2, 0.25) is 17.7 Å². The third-order valence-electron chi connectivity index (χ3n) is 21.6. The Morgan fingerprint density at radius 3 is 1.72 bits per heavy atom. The summed E-state index contributed by atoms with van der Waals surface area (Å²) in [4.78, 5) is 47.6. The molecule has 5 rings (SSSR count). The van der Waals surface area contributed by atoms with Crippen molar-refractivity contribution in [2.75, 3.05) is 92.2 Å². The maximum Gasteiger partial charge on any atom is 0.407 e. The largest absolute Gasteiger partial charge is 0.446 e. The molecule has 93 heavy (non-hydrogen) atoms. The van der Waals surface area contributed by atoms with Crippen molar-refractivity contribution >= 4 is 23.8 Å². The van der Waals surface area contributed by atoms with Crippen LogP contribution in [0.1, 0.15) is 260 Å². The number of rotatable bonds is 50. The van der Waals surface area contributed by atoms with Crippen molar-refractivity contribution in [3.63, 3.8) is 0 Å². The Labute approximate surface area is 562 Å². The summed E-state index contributed by atoms with van der Waals surface area (Å²) in [5.74, 6) is 5.42. The van der Waals surface area contributed by atoms with Crippen LogP contribution in [0.5, 0.6) is 0 Å². The Morgan fingerprint density at radius 2 is 1.06 bits per heavy atom. The molecule has 6 unspecified atom stereocenters. The van der Waals surface area contributed by atoms with E-state index in [-0.39, 0.29) is 43.1 Å². The zero-order valence-electron chi connectivity index (χ0n) is 59.3. The van der Waals surface area contributed by atoms with Crippen LogP contribution in [-0.4, -0.2) is 173 Å². The van der Waals surface area contributed by atoms with E-state index in [1.807, 2.05) is 6.92 Å². The first-order valence-electron chi connectivity index (χ1n) is 37.8. The molecule has 14 atom stereocenters. The lowest BCUT2D eigenvalue weighted by Gasteiger charge is -2.61. The summed E-state index contributed by atoms with van der Waals surface area (Å²) in [5.41, 5.74) is 1.04.